The van der Waals surface area contributed by atoms with E-state index in [1.54, 1.807) is 11.3 Å². The lowest BCUT2D eigenvalue weighted by atomic mass is 9.79. The molecule has 0 N–H and O–H groups in total. The zero-order valence-corrected chi connectivity index (χ0v) is 16.3. The Hall–Kier alpha value is -1.57. The lowest BCUT2D eigenvalue weighted by Gasteiger charge is -2.53. The van der Waals surface area contributed by atoms with E-state index in [0.717, 1.165) is 67.1 Å². The van der Waals surface area contributed by atoms with Crippen molar-refractivity contribution in [2.75, 3.05) is 31.2 Å². The van der Waals surface area contributed by atoms with E-state index in [1.165, 1.54) is 0 Å². The SMILES string of the molecule is Cc1cccc(COCC[C@H]2CCOC3(C2)CN(c2nnc(C)s2)C3)n1. The normalized spacial score (nSPS) is 21.8. The standard InChI is InChI=1S/C19H26N4O2S/c1-14-4-3-5-17(20-14)11-24-8-6-16-7-9-25-19(10-16)12-23(13-19)18-22-21-15(2)26-18/h3-5,16H,6-13H2,1-2H3/t16-/m0/s1. The number of anilines is 1. The summed E-state index contributed by atoms with van der Waals surface area (Å²) < 4.78 is 12.0. The van der Waals surface area contributed by atoms with E-state index in [0.29, 0.717) is 12.5 Å². The summed E-state index contributed by atoms with van der Waals surface area (Å²) in [5.74, 6) is 0.674. The van der Waals surface area contributed by atoms with E-state index in [9.17, 15) is 0 Å². The smallest absolute Gasteiger partial charge is 0.208 e. The van der Waals surface area contributed by atoms with Crippen molar-refractivity contribution in [3.63, 3.8) is 0 Å². The van der Waals surface area contributed by atoms with E-state index >= 15 is 0 Å². The molecule has 0 bridgehead atoms. The van der Waals surface area contributed by atoms with Gasteiger partial charge in [0.2, 0.25) is 5.13 Å². The van der Waals surface area contributed by atoms with Crippen LogP contribution in [0.25, 0.3) is 0 Å². The van der Waals surface area contributed by atoms with Crippen LogP contribution in [0.5, 0.6) is 0 Å². The number of hydrogen-bond donors (Lipinski definition) is 0. The van der Waals surface area contributed by atoms with Crippen LogP contribution in [-0.4, -0.2) is 47.1 Å². The van der Waals surface area contributed by atoms with Gasteiger partial charge in [0.1, 0.15) is 10.6 Å². The van der Waals surface area contributed by atoms with Gasteiger partial charge in [-0.15, -0.1) is 10.2 Å². The van der Waals surface area contributed by atoms with Crippen molar-refractivity contribution in [1.82, 2.24) is 15.2 Å². The van der Waals surface area contributed by atoms with Gasteiger partial charge >= 0.3 is 0 Å². The van der Waals surface area contributed by atoms with Crippen LogP contribution in [0.1, 0.15) is 35.7 Å². The summed E-state index contributed by atoms with van der Waals surface area (Å²) in [5, 5.41) is 10.4. The molecule has 1 atom stereocenters. The fourth-order valence-corrected chi connectivity index (χ4v) is 4.59. The average molecular weight is 375 g/mol. The molecule has 2 fully saturated rings. The number of ether oxygens (including phenoxy) is 2. The Kier molecular flexibility index (Phi) is 5.20. The maximum atomic E-state index is 6.14. The van der Waals surface area contributed by atoms with Gasteiger partial charge in [0.05, 0.1) is 25.4 Å². The molecule has 2 saturated heterocycles. The maximum absolute atomic E-state index is 6.14. The molecule has 0 amide bonds. The van der Waals surface area contributed by atoms with Crippen LogP contribution >= 0.6 is 11.3 Å². The molecule has 0 radical (unpaired) electrons. The molecule has 7 heteroatoms. The first kappa shape index (κ1) is 17.8. The van der Waals surface area contributed by atoms with E-state index in [2.05, 4.69) is 20.1 Å². The van der Waals surface area contributed by atoms with E-state index in [-0.39, 0.29) is 5.60 Å². The monoisotopic (exact) mass is 374 g/mol. The van der Waals surface area contributed by atoms with Gasteiger partial charge in [0.25, 0.3) is 0 Å². The largest absolute Gasteiger partial charge is 0.375 e. The molecule has 0 saturated carbocycles. The summed E-state index contributed by atoms with van der Waals surface area (Å²) in [6.45, 7) is 8.12. The second-order valence-corrected chi connectivity index (χ2v) is 8.62. The lowest BCUT2D eigenvalue weighted by molar-refractivity contribution is -0.116. The van der Waals surface area contributed by atoms with Crippen molar-refractivity contribution < 1.29 is 9.47 Å². The molecule has 1 spiro atoms. The Balaban J connectivity index is 1.21. The second kappa shape index (κ2) is 7.58. The van der Waals surface area contributed by atoms with Gasteiger partial charge < -0.3 is 14.4 Å². The average Bonchev–Trinajstić information content (AvgIpc) is 3.03. The summed E-state index contributed by atoms with van der Waals surface area (Å²) >= 11 is 1.66. The van der Waals surface area contributed by atoms with Crippen molar-refractivity contribution in [2.45, 2.75) is 45.3 Å². The highest BCUT2D eigenvalue weighted by molar-refractivity contribution is 7.15. The van der Waals surface area contributed by atoms with Crippen LogP contribution in [0.2, 0.25) is 0 Å². The first-order chi connectivity index (χ1) is 12.6. The molecule has 0 aromatic carbocycles. The molecular formula is C19H26N4O2S. The van der Waals surface area contributed by atoms with Gasteiger partial charge in [0, 0.05) is 18.9 Å². The van der Waals surface area contributed by atoms with Crippen LogP contribution in [0.15, 0.2) is 18.2 Å². The molecule has 4 heterocycles. The summed E-state index contributed by atoms with van der Waals surface area (Å²) in [4.78, 5) is 6.77. The Morgan fingerprint density at radius 3 is 2.96 bits per heavy atom. The first-order valence-electron chi connectivity index (χ1n) is 9.31. The summed E-state index contributed by atoms with van der Waals surface area (Å²) in [7, 11) is 0. The minimum absolute atomic E-state index is 0.0145. The van der Waals surface area contributed by atoms with Crippen molar-refractivity contribution in [2.24, 2.45) is 5.92 Å². The zero-order chi connectivity index (χ0) is 18.0. The van der Waals surface area contributed by atoms with Gasteiger partial charge in [-0.2, -0.15) is 0 Å². The number of aryl methyl sites for hydroxylation is 2. The van der Waals surface area contributed by atoms with Gasteiger partial charge in [0.15, 0.2) is 0 Å². The van der Waals surface area contributed by atoms with Crippen LogP contribution < -0.4 is 4.90 Å². The highest BCUT2D eigenvalue weighted by Gasteiger charge is 2.48. The predicted molar refractivity (Wildman–Crippen MR) is 102 cm³/mol. The fraction of sp³-hybridized carbons (Fsp3) is 0.632. The summed E-state index contributed by atoms with van der Waals surface area (Å²) in [6.07, 6.45) is 3.34. The third-order valence-corrected chi connectivity index (χ3v) is 6.10. The molecule has 26 heavy (non-hydrogen) atoms. The van der Waals surface area contributed by atoms with E-state index in [4.69, 9.17) is 9.47 Å². The van der Waals surface area contributed by atoms with E-state index in [1.807, 2.05) is 32.0 Å². The molecule has 2 aromatic rings. The molecule has 2 aromatic heterocycles. The first-order valence-corrected chi connectivity index (χ1v) is 10.1. The molecule has 2 aliphatic rings. The number of hydrogen-bond acceptors (Lipinski definition) is 7. The fourth-order valence-electron chi connectivity index (χ4n) is 3.90. The topological polar surface area (TPSA) is 60.4 Å². The maximum Gasteiger partial charge on any atom is 0.208 e. The molecule has 6 nitrogen and oxygen atoms in total. The molecule has 4 rings (SSSR count). The molecule has 0 aliphatic carbocycles. The van der Waals surface area contributed by atoms with Crippen molar-refractivity contribution in [3.8, 4) is 0 Å². The number of aromatic nitrogens is 3. The van der Waals surface area contributed by atoms with Gasteiger partial charge in [-0.25, -0.2) is 0 Å². The van der Waals surface area contributed by atoms with Gasteiger partial charge in [-0.1, -0.05) is 17.4 Å². The number of rotatable bonds is 6. The molecule has 140 valence electrons. The molecule has 2 aliphatic heterocycles. The van der Waals surface area contributed by atoms with Crippen LogP contribution in [0.3, 0.4) is 0 Å². The highest BCUT2D eigenvalue weighted by atomic mass is 32.1. The minimum Gasteiger partial charge on any atom is -0.375 e. The summed E-state index contributed by atoms with van der Waals surface area (Å²) in [5.41, 5.74) is 2.06. The van der Waals surface area contributed by atoms with Crippen molar-refractivity contribution >= 4 is 16.5 Å². The van der Waals surface area contributed by atoms with Crippen LogP contribution in [-0.2, 0) is 16.1 Å². The van der Waals surface area contributed by atoms with Gasteiger partial charge in [-0.3, -0.25) is 4.98 Å². The molecular weight excluding hydrogens is 348 g/mol. The third kappa shape index (κ3) is 4.05. The minimum atomic E-state index is 0.0145. The second-order valence-electron chi connectivity index (χ2n) is 7.46. The van der Waals surface area contributed by atoms with Crippen LogP contribution in [0, 0.1) is 19.8 Å². The predicted octanol–water partition coefficient (Wildman–Crippen LogP) is 3.14. The van der Waals surface area contributed by atoms with Crippen LogP contribution in [0.4, 0.5) is 5.13 Å². The quantitative estimate of drug-likeness (QED) is 0.724. The van der Waals surface area contributed by atoms with E-state index < -0.39 is 0 Å². The van der Waals surface area contributed by atoms with Crippen molar-refractivity contribution in [1.29, 1.82) is 0 Å². The Bertz CT molecular complexity index is 745. The third-order valence-electron chi connectivity index (χ3n) is 5.21. The number of nitrogens with zero attached hydrogens (tertiary/aromatic N) is 4. The Labute approximate surface area is 158 Å². The Morgan fingerprint density at radius 1 is 1.31 bits per heavy atom. The molecule has 0 unspecified atom stereocenters. The summed E-state index contributed by atoms with van der Waals surface area (Å²) in [6, 6.07) is 6.07. The van der Waals surface area contributed by atoms with Crippen molar-refractivity contribution in [3.05, 3.63) is 34.6 Å². The van der Waals surface area contributed by atoms with Gasteiger partial charge in [-0.05, 0) is 51.2 Å². The Morgan fingerprint density at radius 2 is 2.19 bits per heavy atom. The highest BCUT2D eigenvalue weighted by Crippen LogP contribution is 2.40. The lowest BCUT2D eigenvalue weighted by Crippen LogP contribution is -2.65. The number of pyridine rings is 1. The zero-order valence-electron chi connectivity index (χ0n) is 15.5.